The van der Waals surface area contributed by atoms with Gasteiger partial charge in [-0.3, -0.25) is 14.5 Å². The molecule has 136 valence electrons. The number of anilines is 1. The van der Waals surface area contributed by atoms with Crippen LogP contribution < -0.4 is 10.6 Å². The third-order valence-corrected chi connectivity index (χ3v) is 5.88. The Bertz CT molecular complexity index is 785. The molecule has 0 unspecified atom stereocenters. The number of imide groups is 1. The number of carbonyl (C=O) groups is 3. The Labute approximate surface area is 152 Å². The van der Waals surface area contributed by atoms with Crippen molar-refractivity contribution in [2.75, 3.05) is 12.0 Å². The summed E-state index contributed by atoms with van der Waals surface area (Å²) in [6.07, 6.45) is 6.11. The second-order valence-corrected chi connectivity index (χ2v) is 7.55. The number of nitrogens with zero attached hydrogens (tertiary/aromatic N) is 1. The SMILES string of the molecule is Cc1ccc(NC(=O)NCN2C(=O)[C@@H]3[C@@H](C2=O)[C@H]2C=C[C@H]3CC2)c(C)c1. The van der Waals surface area contributed by atoms with Crippen LogP contribution in [0.2, 0.25) is 0 Å². The highest BCUT2D eigenvalue weighted by Gasteiger charge is 2.56. The van der Waals surface area contributed by atoms with Crippen LogP contribution in [0, 0.1) is 37.5 Å². The lowest BCUT2D eigenvalue weighted by Gasteiger charge is -2.38. The highest BCUT2D eigenvalue weighted by atomic mass is 16.2. The predicted octanol–water partition coefficient (Wildman–Crippen LogP) is 2.58. The van der Waals surface area contributed by atoms with Crippen LogP contribution in [0.5, 0.6) is 0 Å². The van der Waals surface area contributed by atoms with Gasteiger partial charge in [-0.25, -0.2) is 4.79 Å². The van der Waals surface area contributed by atoms with Crippen LogP contribution in [0.15, 0.2) is 30.4 Å². The van der Waals surface area contributed by atoms with Gasteiger partial charge in [-0.05, 0) is 50.2 Å². The molecule has 1 heterocycles. The van der Waals surface area contributed by atoms with Gasteiger partial charge in [0.15, 0.2) is 0 Å². The zero-order chi connectivity index (χ0) is 18.4. The molecule has 4 aliphatic rings. The molecule has 0 radical (unpaired) electrons. The highest BCUT2D eigenvalue weighted by Crippen LogP contribution is 2.49. The molecule has 3 aliphatic carbocycles. The summed E-state index contributed by atoms with van der Waals surface area (Å²) in [5, 5.41) is 5.42. The number of hydrogen-bond donors (Lipinski definition) is 2. The van der Waals surface area contributed by atoms with Gasteiger partial charge in [0.2, 0.25) is 11.8 Å². The fraction of sp³-hybridized carbons (Fsp3) is 0.450. The number of hydrogen-bond acceptors (Lipinski definition) is 3. The zero-order valence-corrected chi connectivity index (χ0v) is 15.0. The van der Waals surface area contributed by atoms with Crippen molar-refractivity contribution in [3.05, 3.63) is 41.5 Å². The molecule has 2 N–H and O–H groups in total. The van der Waals surface area contributed by atoms with Gasteiger partial charge < -0.3 is 10.6 Å². The summed E-state index contributed by atoms with van der Waals surface area (Å²) < 4.78 is 0. The van der Waals surface area contributed by atoms with E-state index in [4.69, 9.17) is 0 Å². The molecular formula is C20H23N3O3. The Morgan fingerprint density at radius 2 is 1.69 bits per heavy atom. The maximum Gasteiger partial charge on any atom is 0.320 e. The summed E-state index contributed by atoms with van der Waals surface area (Å²) in [7, 11) is 0. The summed E-state index contributed by atoms with van der Waals surface area (Å²) in [6, 6.07) is 5.32. The standard InChI is InChI=1S/C20H23N3O3/c1-11-3-8-15(12(2)9-11)22-20(26)21-10-23-18(24)16-13-4-5-14(7-6-13)17(16)19(23)25/h3-5,8-9,13-14,16-17H,6-7,10H2,1-2H3,(H2,21,22,26)/t13-,14-,16-,17-/m0/s1. The Morgan fingerprint density at radius 3 is 2.23 bits per heavy atom. The van der Waals surface area contributed by atoms with Crippen LogP contribution in [0.25, 0.3) is 0 Å². The highest BCUT2D eigenvalue weighted by molar-refractivity contribution is 6.06. The van der Waals surface area contributed by atoms with Crippen LogP contribution in [0.3, 0.4) is 0 Å². The molecule has 0 aromatic heterocycles. The number of allylic oxidation sites excluding steroid dienone is 2. The second kappa shape index (κ2) is 6.27. The average molecular weight is 353 g/mol. The van der Waals surface area contributed by atoms with Crippen LogP contribution in [0.1, 0.15) is 24.0 Å². The molecule has 5 rings (SSSR count). The van der Waals surface area contributed by atoms with Gasteiger partial charge in [0.25, 0.3) is 0 Å². The number of urea groups is 1. The number of carbonyl (C=O) groups excluding carboxylic acids is 3. The Hall–Kier alpha value is -2.63. The molecule has 2 bridgehead atoms. The van der Waals surface area contributed by atoms with Crippen molar-refractivity contribution in [3.8, 4) is 0 Å². The van der Waals surface area contributed by atoms with E-state index in [1.165, 1.54) is 4.90 Å². The van der Waals surface area contributed by atoms with E-state index in [1.807, 2.05) is 32.0 Å². The Balaban J connectivity index is 1.40. The molecule has 1 saturated carbocycles. The third kappa shape index (κ3) is 2.69. The van der Waals surface area contributed by atoms with Crippen LogP contribution in [-0.2, 0) is 9.59 Å². The van der Waals surface area contributed by atoms with E-state index in [0.717, 1.165) is 24.0 Å². The number of likely N-dealkylation sites (tertiary alicyclic amines) is 1. The van der Waals surface area contributed by atoms with Crippen molar-refractivity contribution in [1.82, 2.24) is 10.2 Å². The van der Waals surface area contributed by atoms with E-state index >= 15 is 0 Å². The molecule has 2 fully saturated rings. The second-order valence-electron chi connectivity index (χ2n) is 7.55. The smallest absolute Gasteiger partial charge is 0.320 e. The van der Waals surface area contributed by atoms with E-state index < -0.39 is 6.03 Å². The molecule has 1 aromatic carbocycles. The molecular weight excluding hydrogens is 330 g/mol. The van der Waals surface area contributed by atoms with Crippen LogP contribution in [0.4, 0.5) is 10.5 Å². The van der Waals surface area contributed by atoms with Crippen LogP contribution in [-0.4, -0.2) is 29.4 Å². The quantitative estimate of drug-likeness (QED) is 0.648. The summed E-state index contributed by atoms with van der Waals surface area (Å²) in [5.74, 6) is -0.450. The number of aryl methyl sites for hydroxylation is 2. The van der Waals surface area contributed by atoms with Crippen molar-refractivity contribution >= 4 is 23.5 Å². The largest absolute Gasteiger partial charge is 0.320 e. The fourth-order valence-electron chi connectivity index (χ4n) is 4.56. The molecule has 0 spiro atoms. The predicted molar refractivity (Wildman–Crippen MR) is 97.1 cm³/mol. The topological polar surface area (TPSA) is 78.5 Å². The number of fused-ring (bicyclic) bond motifs is 1. The van der Waals surface area contributed by atoms with Gasteiger partial charge in [-0.1, -0.05) is 29.8 Å². The van der Waals surface area contributed by atoms with E-state index in [1.54, 1.807) is 0 Å². The van der Waals surface area contributed by atoms with Gasteiger partial charge in [0, 0.05) is 5.69 Å². The molecule has 4 amide bonds. The van der Waals surface area contributed by atoms with Gasteiger partial charge >= 0.3 is 6.03 Å². The molecule has 6 heteroatoms. The van der Waals surface area contributed by atoms with Gasteiger partial charge in [0.05, 0.1) is 11.8 Å². The molecule has 1 saturated heterocycles. The third-order valence-electron chi connectivity index (χ3n) is 5.88. The van der Waals surface area contributed by atoms with Gasteiger partial charge in [0.1, 0.15) is 6.67 Å². The van der Waals surface area contributed by atoms with Crippen molar-refractivity contribution < 1.29 is 14.4 Å². The van der Waals surface area contributed by atoms with E-state index in [2.05, 4.69) is 22.8 Å². The van der Waals surface area contributed by atoms with E-state index in [-0.39, 0.29) is 42.2 Å². The summed E-state index contributed by atoms with van der Waals surface area (Å²) >= 11 is 0. The maximum absolute atomic E-state index is 12.7. The summed E-state index contributed by atoms with van der Waals surface area (Å²) in [4.78, 5) is 38.8. The number of rotatable bonds is 3. The summed E-state index contributed by atoms with van der Waals surface area (Å²) in [5.41, 5.74) is 2.79. The normalized spacial score (nSPS) is 29.1. The molecule has 6 nitrogen and oxygen atoms in total. The molecule has 1 aromatic rings. The minimum Gasteiger partial charge on any atom is -0.320 e. The van der Waals surface area contributed by atoms with Crippen molar-refractivity contribution in [2.24, 2.45) is 23.7 Å². The van der Waals surface area contributed by atoms with Gasteiger partial charge in [-0.15, -0.1) is 0 Å². The lowest BCUT2D eigenvalue weighted by Crippen LogP contribution is -2.43. The summed E-state index contributed by atoms with van der Waals surface area (Å²) in [6.45, 7) is 3.83. The number of nitrogens with one attached hydrogen (secondary N) is 2. The Morgan fingerprint density at radius 1 is 1.08 bits per heavy atom. The first-order valence-corrected chi connectivity index (χ1v) is 9.11. The maximum atomic E-state index is 12.7. The lowest BCUT2D eigenvalue weighted by molar-refractivity contribution is -0.140. The van der Waals surface area contributed by atoms with Crippen molar-refractivity contribution in [2.45, 2.75) is 26.7 Å². The Kier molecular flexibility index (Phi) is 4.05. The lowest BCUT2D eigenvalue weighted by atomic mass is 9.63. The minimum atomic E-state index is -0.423. The van der Waals surface area contributed by atoms with Gasteiger partial charge in [-0.2, -0.15) is 0 Å². The molecule has 1 aliphatic heterocycles. The number of benzene rings is 1. The minimum absolute atomic E-state index is 0.0825. The average Bonchev–Trinajstić information content (AvgIpc) is 2.90. The first-order valence-electron chi connectivity index (χ1n) is 9.11. The van der Waals surface area contributed by atoms with Crippen molar-refractivity contribution in [3.63, 3.8) is 0 Å². The number of amides is 4. The first kappa shape index (κ1) is 16.8. The van der Waals surface area contributed by atoms with Crippen molar-refractivity contribution in [1.29, 1.82) is 0 Å². The molecule has 26 heavy (non-hydrogen) atoms. The molecule has 4 atom stereocenters. The van der Waals surface area contributed by atoms with Crippen LogP contribution >= 0.6 is 0 Å². The first-order chi connectivity index (χ1) is 12.5. The van der Waals surface area contributed by atoms with E-state index in [0.29, 0.717) is 5.69 Å². The fourth-order valence-corrected chi connectivity index (χ4v) is 4.56. The zero-order valence-electron chi connectivity index (χ0n) is 15.0. The van der Waals surface area contributed by atoms with E-state index in [9.17, 15) is 14.4 Å². The monoisotopic (exact) mass is 353 g/mol.